The Kier molecular flexibility index (Phi) is 4.26. The van der Waals surface area contributed by atoms with Crippen molar-refractivity contribution >= 4 is 17.5 Å². The van der Waals surface area contributed by atoms with Crippen molar-refractivity contribution in [2.75, 3.05) is 32.1 Å². The van der Waals surface area contributed by atoms with Crippen molar-refractivity contribution in [3.63, 3.8) is 0 Å². The van der Waals surface area contributed by atoms with E-state index in [0.29, 0.717) is 37.4 Å². The van der Waals surface area contributed by atoms with Crippen LogP contribution in [0.5, 0.6) is 11.5 Å². The number of amides is 2. The molecule has 0 aliphatic carbocycles. The highest BCUT2D eigenvalue weighted by atomic mass is 16.5. The third-order valence-electron chi connectivity index (χ3n) is 5.39. The Bertz CT molecular complexity index is 894. The van der Waals surface area contributed by atoms with Crippen LogP contribution < -0.4 is 14.8 Å². The van der Waals surface area contributed by atoms with Crippen molar-refractivity contribution in [3.8, 4) is 11.5 Å². The summed E-state index contributed by atoms with van der Waals surface area (Å²) in [6.45, 7) is 3.41. The first-order valence-corrected chi connectivity index (χ1v) is 9.09. The lowest BCUT2D eigenvalue weighted by Gasteiger charge is -2.23. The number of nitrogens with zero attached hydrogens (tertiary/aromatic N) is 1. The predicted octanol–water partition coefficient (Wildman–Crippen LogP) is 2.83. The van der Waals surface area contributed by atoms with Gasteiger partial charge in [-0.2, -0.15) is 0 Å². The van der Waals surface area contributed by atoms with Crippen molar-refractivity contribution < 1.29 is 19.1 Å². The maximum atomic E-state index is 12.9. The molecular formula is C21H22N2O4. The minimum absolute atomic E-state index is 0.0484. The van der Waals surface area contributed by atoms with Crippen molar-refractivity contribution in [1.29, 1.82) is 0 Å². The van der Waals surface area contributed by atoms with Gasteiger partial charge >= 0.3 is 0 Å². The van der Waals surface area contributed by atoms with Crippen LogP contribution >= 0.6 is 0 Å². The summed E-state index contributed by atoms with van der Waals surface area (Å²) in [5, 5.41) is 2.95. The van der Waals surface area contributed by atoms with Crippen molar-refractivity contribution in [2.45, 2.75) is 18.8 Å². The Morgan fingerprint density at radius 3 is 2.63 bits per heavy atom. The van der Waals surface area contributed by atoms with Gasteiger partial charge in [-0.1, -0.05) is 0 Å². The third kappa shape index (κ3) is 2.81. The summed E-state index contributed by atoms with van der Waals surface area (Å²) in [6, 6.07) is 12.7. The fraction of sp³-hybridized carbons (Fsp3) is 0.333. The van der Waals surface area contributed by atoms with Crippen molar-refractivity contribution in [3.05, 3.63) is 53.6 Å². The molecule has 2 aliphatic rings. The van der Waals surface area contributed by atoms with E-state index >= 15 is 0 Å². The summed E-state index contributed by atoms with van der Waals surface area (Å²) in [7, 11) is 1.61. The zero-order valence-electron chi connectivity index (χ0n) is 15.5. The van der Waals surface area contributed by atoms with Gasteiger partial charge in [0.05, 0.1) is 19.1 Å². The number of ether oxygens (including phenoxy) is 2. The van der Waals surface area contributed by atoms with E-state index in [1.54, 1.807) is 36.3 Å². The molecule has 140 valence electrons. The number of rotatable bonds is 4. The molecule has 1 spiro atoms. The Hall–Kier alpha value is -3.02. The quantitative estimate of drug-likeness (QED) is 0.904. The van der Waals surface area contributed by atoms with Gasteiger partial charge in [-0.25, -0.2) is 0 Å². The standard InChI is InChI=1S/C21H22N2O4/c1-3-27-15-6-4-14(5-7-15)19(24)23-11-10-21(13-23)17-12-16(26-2)8-9-18(17)22-20(21)25/h4-9,12H,3,10-11,13H2,1-2H3,(H,22,25). The van der Waals surface area contributed by atoms with E-state index in [4.69, 9.17) is 9.47 Å². The van der Waals surface area contributed by atoms with Gasteiger partial charge in [-0.05, 0) is 61.4 Å². The fourth-order valence-electron chi connectivity index (χ4n) is 3.95. The molecule has 0 saturated carbocycles. The molecule has 6 heteroatoms. The molecule has 1 fully saturated rings. The van der Waals surface area contributed by atoms with E-state index in [0.717, 1.165) is 17.0 Å². The molecular weight excluding hydrogens is 344 g/mol. The molecule has 2 amide bonds. The first-order chi connectivity index (χ1) is 13.1. The number of carbonyl (C=O) groups is 2. The highest BCUT2D eigenvalue weighted by Crippen LogP contribution is 2.45. The van der Waals surface area contributed by atoms with Crippen LogP contribution in [0.2, 0.25) is 0 Å². The first-order valence-electron chi connectivity index (χ1n) is 9.09. The predicted molar refractivity (Wildman–Crippen MR) is 101 cm³/mol. The highest BCUT2D eigenvalue weighted by Gasteiger charge is 2.52. The zero-order chi connectivity index (χ0) is 19.0. The van der Waals surface area contributed by atoms with Gasteiger partial charge in [0, 0.05) is 24.3 Å². The number of hydrogen-bond acceptors (Lipinski definition) is 4. The van der Waals surface area contributed by atoms with Gasteiger partial charge in [0.2, 0.25) is 5.91 Å². The molecule has 0 bridgehead atoms. The number of carbonyl (C=O) groups excluding carboxylic acids is 2. The molecule has 1 N–H and O–H groups in total. The molecule has 0 aromatic heterocycles. The molecule has 4 rings (SSSR count). The smallest absolute Gasteiger partial charge is 0.253 e. The van der Waals surface area contributed by atoms with E-state index < -0.39 is 5.41 Å². The summed E-state index contributed by atoms with van der Waals surface area (Å²) in [6.07, 6.45) is 0.599. The molecule has 1 atom stereocenters. The van der Waals surface area contributed by atoms with Gasteiger partial charge in [-0.15, -0.1) is 0 Å². The van der Waals surface area contributed by atoms with Gasteiger partial charge in [0.25, 0.3) is 5.91 Å². The molecule has 2 aromatic carbocycles. The topological polar surface area (TPSA) is 67.9 Å². The van der Waals surface area contributed by atoms with Crippen LogP contribution in [-0.4, -0.2) is 43.5 Å². The van der Waals surface area contributed by atoms with Crippen LogP contribution in [0.4, 0.5) is 5.69 Å². The number of nitrogens with one attached hydrogen (secondary N) is 1. The van der Waals surface area contributed by atoms with E-state index in [1.165, 1.54) is 0 Å². The highest BCUT2D eigenvalue weighted by molar-refractivity contribution is 6.07. The maximum Gasteiger partial charge on any atom is 0.253 e. The van der Waals surface area contributed by atoms with E-state index in [-0.39, 0.29) is 11.8 Å². The number of likely N-dealkylation sites (tertiary alicyclic amines) is 1. The van der Waals surface area contributed by atoms with Gasteiger partial charge in [0.15, 0.2) is 0 Å². The summed E-state index contributed by atoms with van der Waals surface area (Å²) in [4.78, 5) is 27.5. The van der Waals surface area contributed by atoms with Gasteiger partial charge < -0.3 is 19.7 Å². The number of anilines is 1. The van der Waals surface area contributed by atoms with Crippen molar-refractivity contribution in [2.24, 2.45) is 0 Å². The molecule has 1 saturated heterocycles. The Balaban J connectivity index is 1.58. The number of methoxy groups -OCH3 is 1. The van der Waals surface area contributed by atoms with E-state index in [1.807, 2.05) is 25.1 Å². The van der Waals surface area contributed by atoms with Crippen LogP contribution in [0.3, 0.4) is 0 Å². The maximum absolute atomic E-state index is 12.9. The monoisotopic (exact) mass is 366 g/mol. The van der Waals surface area contributed by atoms with E-state index in [9.17, 15) is 9.59 Å². The Morgan fingerprint density at radius 1 is 1.19 bits per heavy atom. The Labute approximate surface area is 158 Å². The number of hydrogen-bond donors (Lipinski definition) is 1. The largest absolute Gasteiger partial charge is 0.497 e. The molecule has 6 nitrogen and oxygen atoms in total. The second-order valence-corrected chi connectivity index (χ2v) is 6.88. The summed E-state index contributed by atoms with van der Waals surface area (Å²) in [5.74, 6) is 1.33. The number of benzene rings is 2. The lowest BCUT2D eigenvalue weighted by molar-refractivity contribution is -0.120. The SMILES string of the molecule is CCOc1ccc(C(=O)N2CCC3(C2)C(=O)Nc2ccc(OC)cc23)cc1. The normalized spacial score (nSPS) is 20.5. The van der Waals surface area contributed by atoms with Crippen LogP contribution in [0.15, 0.2) is 42.5 Å². The minimum Gasteiger partial charge on any atom is -0.497 e. The molecule has 27 heavy (non-hydrogen) atoms. The zero-order valence-corrected chi connectivity index (χ0v) is 15.5. The molecule has 1 unspecified atom stereocenters. The number of fused-ring (bicyclic) bond motifs is 2. The van der Waals surface area contributed by atoms with Gasteiger partial charge in [-0.3, -0.25) is 9.59 Å². The lowest BCUT2D eigenvalue weighted by atomic mass is 9.81. The first kappa shape index (κ1) is 17.4. The van der Waals surface area contributed by atoms with Crippen LogP contribution in [0.25, 0.3) is 0 Å². The summed E-state index contributed by atoms with van der Waals surface area (Å²) in [5.41, 5.74) is 1.61. The van der Waals surface area contributed by atoms with Gasteiger partial charge in [0.1, 0.15) is 11.5 Å². The molecule has 0 radical (unpaired) electrons. The fourth-order valence-corrected chi connectivity index (χ4v) is 3.95. The molecule has 2 aliphatic heterocycles. The lowest BCUT2D eigenvalue weighted by Crippen LogP contribution is -2.39. The second-order valence-electron chi connectivity index (χ2n) is 6.88. The average Bonchev–Trinajstić information content (AvgIpc) is 3.25. The average molecular weight is 366 g/mol. The molecule has 2 heterocycles. The van der Waals surface area contributed by atoms with Crippen LogP contribution in [-0.2, 0) is 10.2 Å². The van der Waals surface area contributed by atoms with E-state index in [2.05, 4.69) is 5.32 Å². The summed E-state index contributed by atoms with van der Waals surface area (Å²) < 4.78 is 10.7. The van der Waals surface area contributed by atoms with Crippen molar-refractivity contribution in [1.82, 2.24) is 4.90 Å². The minimum atomic E-state index is -0.704. The van der Waals surface area contributed by atoms with Crippen LogP contribution in [0.1, 0.15) is 29.3 Å². The summed E-state index contributed by atoms with van der Waals surface area (Å²) >= 11 is 0. The third-order valence-corrected chi connectivity index (χ3v) is 5.39. The van der Waals surface area contributed by atoms with Crippen LogP contribution in [0, 0.1) is 0 Å². The Morgan fingerprint density at radius 2 is 1.93 bits per heavy atom. The molecule has 2 aromatic rings. The second kappa shape index (κ2) is 6.61.